The van der Waals surface area contributed by atoms with Crippen LogP contribution in [0.2, 0.25) is 5.02 Å². The summed E-state index contributed by atoms with van der Waals surface area (Å²) < 4.78 is 27.8. The standard InChI is InChI=1S/C12H13Cl2NO4S/c1-19-9-5-8(6-9)15-12(16)7-2-3-10(13)11(4-7)20(14,17)18/h2-4,8-9H,5-6H2,1H3,(H,15,16). The second-order valence-corrected chi connectivity index (χ2v) is 7.52. The SMILES string of the molecule is COC1CC(NC(=O)c2ccc(Cl)c(S(=O)(=O)Cl)c2)C1. The van der Waals surface area contributed by atoms with Gasteiger partial charge in [-0.1, -0.05) is 11.6 Å². The highest BCUT2D eigenvalue weighted by atomic mass is 35.7. The lowest BCUT2D eigenvalue weighted by Gasteiger charge is -2.34. The van der Waals surface area contributed by atoms with Crippen molar-refractivity contribution < 1.29 is 17.9 Å². The van der Waals surface area contributed by atoms with Gasteiger partial charge in [0.05, 0.1) is 11.1 Å². The van der Waals surface area contributed by atoms with Crippen LogP contribution in [0.3, 0.4) is 0 Å². The molecule has 0 bridgehead atoms. The molecule has 5 nitrogen and oxygen atoms in total. The van der Waals surface area contributed by atoms with Crippen molar-refractivity contribution >= 4 is 37.2 Å². The Kier molecular flexibility index (Phi) is 4.59. The number of rotatable bonds is 4. The van der Waals surface area contributed by atoms with E-state index >= 15 is 0 Å². The Balaban J connectivity index is 2.11. The number of halogens is 2. The summed E-state index contributed by atoms with van der Waals surface area (Å²) in [6.45, 7) is 0. The van der Waals surface area contributed by atoms with Crippen LogP contribution in [-0.4, -0.2) is 33.6 Å². The first kappa shape index (κ1) is 15.6. The van der Waals surface area contributed by atoms with E-state index in [2.05, 4.69) is 5.32 Å². The van der Waals surface area contributed by atoms with Crippen molar-refractivity contribution in [3.8, 4) is 0 Å². The zero-order valence-electron chi connectivity index (χ0n) is 10.6. The van der Waals surface area contributed by atoms with Gasteiger partial charge in [-0.2, -0.15) is 0 Å². The number of hydrogen-bond donors (Lipinski definition) is 1. The minimum atomic E-state index is -3.98. The molecular formula is C12H13Cl2NO4S. The maximum atomic E-state index is 12.0. The largest absolute Gasteiger partial charge is 0.381 e. The molecule has 8 heteroatoms. The van der Waals surface area contributed by atoms with Crippen LogP contribution in [0.15, 0.2) is 23.1 Å². The summed E-state index contributed by atoms with van der Waals surface area (Å²) in [6, 6.07) is 4.01. The van der Waals surface area contributed by atoms with Crippen LogP contribution < -0.4 is 5.32 Å². The Morgan fingerprint density at radius 3 is 2.60 bits per heavy atom. The molecule has 0 unspecified atom stereocenters. The molecule has 1 aromatic rings. The van der Waals surface area contributed by atoms with Crippen molar-refractivity contribution in [3.63, 3.8) is 0 Å². The summed E-state index contributed by atoms with van der Waals surface area (Å²) >= 11 is 5.76. The molecule has 1 N–H and O–H groups in total. The first-order valence-corrected chi connectivity index (χ1v) is 8.58. The van der Waals surface area contributed by atoms with Crippen LogP contribution in [0.25, 0.3) is 0 Å². The van der Waals surface area contributed by atoms with E-state index in [1.54, 1.807) is 7.11 Å². The molecule has 1 amide bonds. The smallest absolute Gasteiger partial charge is 0.262 e. The summed E-state index contributed by atoms with van der Waals surface area (Å²) in [5, 5.41) is 2.78. The summed E-state index contributed by atoms with van der Waals surface area (Å²) in [7, 11) is 2.90. The first-order valence-electron chi connectivity index (χ1n) is 5.89. The Morgan fingerprint density at radius 1 is 1.40 bits per heavy atom. The third-order valence-corrected chi connectivity index (χ3v) is 5.02. The van der Waals surface area contributed by atoms with E-state index in [1.165, 1.54) is 18.2 Å². The van der Waals surface area contributed by atoms with E-state index in [4.69, 9.17) is 27.0 Å². The third-order valence-electron chi connectivity index (χ3n) is 3.22. The van der Waals surface area contributed by atoms with Crippen LogP contribution in [0.5, 0.6) is 0 Å². The van der Waals surface area contributed by atoms with Crippen molar-refractivity contribution in [1.29, 1.82) is 0 Å². The maximum absolute atomic E-state index is 12.0. The fourth-order valence-electron chi connectivity index (χ4n) is 1.98. The van der Waals surface area contributed by atoms with Crippen LogP contribution in [0, 0.1) is 0 Å². The van der Waals surface area contributed by atoms with Gasteiger partial charge in [-0.25, -0.2) is 8.42 Å². The van der Waals surface area contributed by atoms with Gasteiger partial charge in [-0.3, -0.25) is 4.79 Å². The van der Waals surface area contributed by atoms with Gasteiger partial charge < -0.3 is 10.1 Å². The van der Waals surface area contributed by atoms with Gasteiger partial charge in [0.1, 0.15) is 4.90 Å². The fraction of sp³-hybridized carbons (Fsp3) is 0.417. The summed E-state index contributed by atoms with van der Waals surface area (Å²) in [5.74, 6) is -0.359. The second kappa shape index (κ2) is 5.89. The zero-order chi connectivity index (χ0) is 14.9. The van der Waals surface area contributed by atoms with Gasteiger partial charge in [0.2, 0.25) is 0 Å². The third kappa shape index (κ3) is 3.44. The minimum absolute atomic E-state index is 0.0142. The van der Waals surface area contributed by atoms with E-state index in [1.807, 2.05) is 0 Å². The van der Waals surface area contributed by atoms with Crippen molar-refractivity contribution in [3.05, 3.63) is 28.8 Å². The average molecular weight is 338 g/mol. The molecule has 0 radical (unpaired) electrons. The number of carbonyl (C=O) groups excluding carboxylic acids is 1. The fourth-order valence-corrected chi connectivity index (χ4v) is 3.47. The number of ether oxygens (including phenoxy) is 1. The molecule has 1 aliphatic carbocycles. The lowest BCUT2D eigenvalue weighted by molar-refractivity contribution is 0.0176. The molecule has 1 saturated carbocycles. The van der Waals surface area contributed by atoms with Gasteiger partial charge in [-0.05, 0) is 31.0 Å². The van der Waals surface area contributed by atoms with Gasteiger partial charge in [0.15, 0.2) is 0 Å². The highest BCUT2D eigenvalue weighted by molar-refractivity contribution is 8.13. The van der Waals surface area contributed by atoms with Gasteiger partial charge >= 0.3 is 0 Å². The number of nitrogens with one attached hydrogen (secondary N) is 1. The summed E-state index contributed by atoms with van der Waals surface area (Å²) in [5.41, 5.74) is 0.203. The maximum Gasteiger partial charge on any atom is 0.262 e. The molecule has 110 valence electrons. The molecule has 0 aromatic heterocycles. The Hall–Kier alpha value is -0.820. The van der Waals surface area contributed by atoms with Crippen molar-refractivity contribution in [2.75, 3.05) is 7.11 Å². The highest BCUT2D eigenvalue weighted by Crippen LogP contribution is 2.27. The summed E-state index contributed by atoms with van der Waals surface area (Å²) in [6.07, 6.45) is 1.66. The van der Waals surface area contributed by atoms with Gasteiger partial charge in [-0.15, -0.1) is 0 Å². The molecule has 1 aliphatic rings. The van der Waals surface area contributed by atoms with Gasteiger partial charge in [0.25, 0.3) is 15.0 Å². The van der Waals surface area contributed by atoms with Crippen LogP contribution >= 0.6 is 22.3 Å². The van der Waals surface area contributed by atoms with Crippen molar-refractivity contribution in [1.82, 2.24) is 5.32 Å². The predicted octanol–water partition coefficient (Wildman–Crippen LogP) is 2.17. The normalized spacial score (nSPS) is 22.1. The molecule has 2 rings (SSSR count). The van der Waals surface area contributed by atoms with E-state index in [9.17, 15) is 13.2 Å². The van der Waals surface area contributed by atoms with Crippen LogP contribution in [0.1, 0.15) is 23.2 Å². The van der Waals surface area contributed by atoms with E-state index in [0.717, 1.165) is 12.8 Å². The molecule has 0 saturated heterocycles. The van der Waals surface area contributed by atoms with E-state index in [-0.39, 0.29) is 33.5 Å². The van der Waals surface area contributed by atoms with Crippen LogP contribution in [-0.2, 0) is 13.8 Å². The summed E-state index contributed by atoms with van der Waals surface area (Å²) in [4.78, 5) is 11.7. The van der Waals surface area contributed by atoms with E-state index < -0.39 is 9.05 Å². The Morgan fingerprint density at radius 2 is 2.05 bits per heavy atom. The number of benzene rings is 1. The Bertz CT molecular complexity index is 626. The predicted molar refractivity (Wildman–Crippen MR) is 75.8 cm³/mol. The van der Waals surface area contributed by atoms with Crippen LogP contribution in [0.4, 0.5) is 0 Å². The highest BCUT2D eigenvalue weighted by Gasteiger charge is 2.30. The second-order valence-electron chi connectivity index (χ2n) is 4.58. The quantitative estimate of drug-likeness (QED) is 0.854. The minimum Gasteiger partial charge on any atom is -0.381 e. The monoisotopic (exact) mass is 337 g/mol. The zero-order valence-corrected chi connectivity index (χ0v) is 12.9. The number of methoxy groups -OCH3 is 1. The molecule has 0 aliphatic heterocycles. The Labute approximate surface area is 126 Å². The molecule has 0 atom stereocenters. The van der Waals surface area contributed by atoms with Crippen molar-refractivity contribution in [2.45, 2.75) is 29.9 Å². The number of hydrogen-bond acceptors (Lipinski definition) is 4. The first-order chi connectivity index (χ1) is 9.31. The topological polar surface area (TPSA) is 72.5 Å². The molecule has 0 heterocycles. The van der Waals surface area contributed by atoms with Gasteiger partial charge in [0, 0.05) is 29.4 Å². The molecule has 0 spiro atoms. The number of carbonyl (C=O) groups is 1. The van der Waals surface area contributed by atoms with Crippen molar-refractivity contribution in [2.24, 2.45) is 0 Å². The lowest BCUT2D eigenvalue weighted by Crippen LogP contribution is -2.47. The molecule has 1 fully saturated rings. The number of amides is 1. The lowest BCUT2D eigenvalue weighted by atomic mass is 9.89. The molecule has 20 heavy (non-hydrogen) atoms. The van der Waals surface area contributed by atoms with E-state index in [0.29, 0.717) is 0 Å². The molecule has 1 aromatic carbocycles. The molecular weight excluding hydrogens is 325 g/mol. The average Bonchev–Trinajstić information content (AvgIpc) is 2.32.